The molecule has 0 aliphatic carbocycles. The first-order valence-electron chi connectivity index (χ1n) is 5.82. The highest BCUT2D eigenvalue weighted by atomic mass is 16.6. The maximum absolute atomic E-state index is 11.9. The Balaban J connectivity index is 2.37. The van der Waals surface area contributed by atoms with Gasteiger partial charge < -0.3 is 9.64 Å². The average molecular weight is 262 g/mol. The number of nitro groups is 1. The fourth-order valence-electron chi connectivity index (χ4n) is 2.13. The lowest BCUT2D eigenvalue weighted by molar-refractivity contribution is -0.384. The second kappa shape index (κ2) is 5.09. The first-order valence-corrected chi connectivity index (χ1v) is 5.82. The molecule has 2 rings (SSSR count). The summed E-state index contributed by atoms with van der Waals surface area (Å²) in [6.45, 7) is 4.21. The number of anilines is 1. The highest BCUT2D eigenvalue weighted by molar-refractivity contribution is 5.97. The van der Waals surface area contributed by atoms with E-state index in [1.807, 2.05) is 0 Å². The minimum Gasteiger partial charge on any atom is -0.494 e. The first kappa shape index (κ1) is 13.1. The van der Waals surface area contributed by atoms with Crippen molar-refractivity contribution in [1.82, 2.24) is 0 Å². The van der Waals surface area contributed by atoms with E-state index in [0.29, 0.717) is 24.4 Å². The zero-order valence-electron chi connectivity index (χ0n) is 10.5. The molecule has 1 heterocycles. The Hall–Kier alpha value is -2.37. The van der Waals surface area contributed by atoms with Gasteiger partial charge in [0.25, 0.3) is 5.69 Å². The van der Waals surface area contributed by atoms with Crippen molar-refractivity contribution in [1.29, 1.82) is 0 Å². The highest BCUT2D eigenvalue weighted by Gasteiger charge is 2.31. The van der Waals surface area contributed by atoms with Crippen molar-refractivity contribution in [2.75, 3.05) is 18.6 Å². The predicted octanol–water partition coefficient (Wildman–Crippen LogP) is 2.14. The molecule has 19 heavy (non-hydrogen) atoms. The molecule has 0 saturated carbocycles. The normalized spacial score (nSPS) is 18.5. The topological polar surface area (TPSA) is 72.7 Å². The number of carbonyl (C=O) groups excluding carboxylic acids is 1. The summed E-state index contributed by atoms with van der Waals surface area (Å²) in [4.78, 5) is 23.7. The van der Waals surface area contributed by atoms with E-state index in [2.05, 4.69) is 6.58 Å². The van der Waals surface area contributed by atoms with Crippen molar-refractivity contribution in [2.24, 2.45) is 5.92 Å². The Bertz CT molecular complexity index is 541. The lowest BCUT2D eigenvalue weighted by Crippen LogP contribution is -2.24. The molecule has 1 aromatic carbocycles. The molecule has 1 saturated heterocycles. The lowest BCUT2D eigenvalue weighted by Gasteiger charge is -2.19. The van der Waals surface area contributed by atoms with Gasteiger partial charge in [-0.05, 0) is 6.07 Å². The number of hydrogen-bond acceptors (Lipinski definition) is 4. The van der Waals surface area contributed by atoms with E-state index in [-0.39, 0.29) is 17.5 Å². The third-order valence-corrected chi connectivity index (χ3v) is 3.15. The zero-order chi connectivity index (χ0) is 14.0. The van der Waals surface area contributed by atoms with Crippen LogP contribution >= 0.6 is 0 Å². The van der Waals surface area contributed by atoms with Crippen LogP contribution in [0, 0.1) is 16.0 Å². The molecule has 6 heteroatoms. The van der Waals surface area contributed by atoms with Crippen LogP contribution in [-0.2, 0) is 4.79 Å². The molecular formula is C13H14N2O4. The van der Waals surface area contributed by atoms with E-state index in [9.17, 15) is 14.9 Å². The second-order valence-corrected chi connectivity index (χ2v) is 4.32. The van der Waals surface area contributed by atoms with Crippen molar-refractivity contribution in [3.05, 3.63) is 41.0 Å². The van der Waals surface area contributed by atoms with E-state index >= 15 is 0 Å². The van der Waals surface area contributed by atoms with Gasteiger partial charge in [-0.15, -0.1) is 6.58 Å². The number of methoxy groups -OCH3 is 1. The van der Waals surface area contributed by atoms with Gasteiger partial charge in [-0.1, -0.05) is 6.08 Å². The van der Waals surface area contributed by atoms with Gasteiger partial charge in [-0.25, -0.2) is 0 Å². The molecule has 0 spiro atoms. The van der Waals surface area contributed by atoms with Gasteiger partial charge in [-0.2, -0.15) is 0 Å². The monoisotopic (exact) mass is 262 g/mol. The third kappa shape index (κ3) is 2.42. The summed E-state index contributed by atoms with van der Waals surface area (Å²) in [5, 5.41) is 10.7. The Morgan fingerprint density at radius 1 is 1.58 bits per heavy atom. The second-order valence-electron chi connectivity index (χ2n) is 4.32. The number of nitrogens with zero attached hydrogens (tertiary/aromatic N) is 2. The molecule has 0 radical (unpaired) electrons. The summed E-state index contributed by atoms with van der Waals surface area (Å²) < 4.78 is 5.14. The first-order chi connectivity index (χ1) is 9.06. The smallest absolute Gasteiger partial charge is 0.273 e. The van der Waals surface area contributed by atoms with Crippen LogP contribution < -0.4 is 9.64 Å². The van der Waals surface area contributed by atoms with Crippen LogP contribution in [0.2, 0.25) is 0 Å². The van der Waals surface area contributed by atoms with Crippen molar-refractivity contribution in [3.63, 3.8) is 0 Å². The van der Waals surface area contributed by atoms with Gasteiger partial charge in [0.1, 0.15) is 5.75 Å². The van der Waals surface area contributed by atoms with E-state index in [0.717, 1.165) is 0 Å². The predicted molar refractivity (Wildman–Crippen MR) is 70.3 cm³/mol. The van der Waals surface area contributed by atoms with E-state index in [1.54, 1.807) is 17.0 Å². The SMILES string of the molecule is C=CC1CC(=O)N(c2ccc([N+](=O)[O-])cc2OC)C1. The zero-order valence-corrected chi connectivity index (χ0v) is 10.5. The summed E-state index contributed by atoms with van der Waals surface area (Å²) >= 11 is 0. The molecule has 1 fully saturated rings. The number of ether oxygens (including phenoxy) is 1. The van der Waals surface area contributed by atoms with Crippen molar-refractivity contribution >= 4 is 17.3 Å². The summed E-state index contributed by atoms with van der Waals surface area (Å²) in [7, 11) is 1.42. The number of amides is 1. The third-order valence-electron chi connectivity index (χ3n) is 3.15. The Morgan fingerprint density at radius 3 is 2.84 bits per heavy atom. The summed E-state index contributed by atoms with van der Waals surface area (Å²) in [5.41, 5.74) is 0.495. The highest BCUT2D eigenvalue weighted by Crippen LogP contribution is 2.35. The average Bonchev–Trinajstić information content (AvgIpc) is 2.79. The molecule has 0 N–H and O–H groups in total. The van der Waals surface area contributed by atoms with Gasteiger partial charge >= 0.3 is 0 Å². The van der Waals surface area contributed by atoms with Crippen LogP contribution in [0.25, 0.3) is 0 Å². The maximum Gasteiger partial charge on any atom is 0.273 e. The van der Waals surface area contributed by atoms with Gasteiger partial charge in [0.15, 0.2) is 0 Å². The van der Waals surface area contributed by atoms with Crippen LogP contribution in [0.5, 0.6) is 5.75 Å². The lowest BCUT2D eigenvalue weighted by atomic mass is 10.1. The number of rotatable bonds is 4. The number of carbonyl (C=O) groups is 1. The van der Waals surface area contributed by atoms with Crippen LogP contribution in [-0.4, -0.2) is 24.5 Å². The van der Waals surface area contributed by atoms with Crippen LogP contribution in [0.3, 0.4) is 0 Å². The molecule has 1 aromatic rings. The van der Waals surface area contributed by atoms with Crippen LogP contribution in [0.15, 0.2) is 30.9 Å². The summed E-state index contributed by atoms with van der Waals surface area (Å²) in [6.07, 6.45) is 2.15. The minimum atomic E-state index is -0.495. The van der Waals surface area contributed by atoms with Gasteiger partial charge in [-0.3, -0.25) is 14.9 Å². The standard InChI is InChI=1S/C13H14N2O4/c1-3-9-6-13(16)14(8-9)11-5-4-10(15(17)18)7-12(11)19-2/h3-5,7,9H,1,6,8H2,2H3. The molecule has 1 aliphatic heterocycles. The Labute approximate surface area is 110 Å². The van der Waals surface area contributed by atoms with E-state index in [1.165, 1.54) is 19.2 Å². The van der Waals surface area contributed by atoms with Crippen molar-refractivity contribution in [2.45, 2.75) is 6.42 Å². The van der Waals surface area contributed by atoms with Crippen LogP contribution in [0.1, 0.15) is 6.42 Å². The van der Waals surface area contributed by atoms with E-state index < -0.39 is 4.92 Å². The quantitative estimate of drug-likeness (QED) is 0.473. The molecule has 100 valence electrons. The van der Waals surface area contributed by atoms with Crippen molar-refractivity contribution < 1.29 is 14.5 Å². The number of non-ortho nitro benzene ring substituents is 1. The molecule has 1 unspecified atom stereocenters. The van der Waals surface area contributed by atoms with Crippen LogP contribution in [0.4, 0.5) is 11.4 Å². The van der Waals surface area contributed by atoms with Gasteiger partial charge in [0.2, 0.25) is 5.91 Å². The molecule has 1 atom stereocenters. The van der Waals surface area contributed by atoms with E-state index in [4.69, 9.17) is 4.74 Å². The number of hydrogen-bond donors (Lipinski definition) is 0. The fourth-order valence-corrected chi connectivity index (χ4v) is 2.13. The number of nitro benzene ring substituents is 1. The molecule has 0 aromatic heterocycles. The molecule has 6 nitrogen and oxygen atoms in total. The summed E-state index contributed by atoms with van der Waals surface area (Å²) in [6, 6.07) is 4.23. The molecule has 1 aliphatic rings. The van der Waals surface area contributed by atoms with Crippen molar-refractivity contribution in [3.8, 4) is 5.75 Å². The summed E-state index contributed by atoms with van der Waals surface area (Å²) in [5.74, 6) is 0.400. The number of benzene rings is 1. The fraction of sp³-hybridized carbons (Fsp3) is 0.308. The molecule has 1 amide bonds. The molecule has 0 bridgehead atoms. The Morgan fingerprint density at radius 2 is 2.32 bits per heavy atom. The Kier molecular flexibility index (Phi) is 3.50. The largest absolute Gasteiger partial charge is 0.494 e. The van der Waals surface area contributed by atoms with Gasteiger partial charge in [0, 0.05) is 24.9 Å². The molecular weight excluding hydrogens is 248 g/mol. The van der Waals surface area contributed by atoms with Gasteiger partial charge in [0.05, 0.1) is 23.8 Å². The minimum absolute atomic E-state index is 0.0305. The maximum atomic E-state index is 11.9.